The molecule has 186 valence electrons. The highest BCUT2D eigenvalue weighted by Crippen LogP contribution is 2.36. The van der Waals surface area contributed by atoms with Gasteiger partial charge >= 0.3 is 0 Å². The van der Waals surface area contributed by atoms with Gasteiger partial charge in [0.25, 0.3) is 11.8 Å². The summed E-state index contributed by atoms with van der Waals surface area (Å²) in [5.74, 6) is -0.518. The minimum atomic E-state index is -1.58. The number of hydrogen-bond donors (Lipinski definition) is 1. The molecular formula is C30H25ClN2O3S. The van der Waals surface area contributed by atoms with Crippen molar-refractivity contribution in [3.8, 4) is 0 Å². The molecule has 0 fully saturated rings. The molecule has 1 aliphatic rings. The first kappa shape index (κ1) is 24.9. The number of nitrogens with one attached hydrogen (secondary N) is 1. The topological polar surface area (TPSA) is 66.5 Å². The van der Waals surface area contributed by atoms with Gasteiger partial charge in [-0.05, 0) is 66.9 Å². The van der Waals surface area contributed by atoms with Gasteiger partial charge in [0.05, 0.1) is 38.4 Å². The third kappa shape index (κ3) is 5.36. The summed E-state index contributed by atoms with van der Waals surface area (Å²) >= 11 is 6.05. The van der Waals surface area contributed by atoms with E-state index in [4.69, 9.17) is 11.6 Å². The lowest BCUT2D eigenvalue weighted by Gasteiger charge is -2.23. The maximum absolute atomic E-state index is 13.7. The molecule has 1 atom stereocenters. The van der Waals surface area contributed by atoms with Crippen LogP contribution in [0.5, 0.6) is 0 Å². The molecule has 4 aromatic carbocycles. The van der Waals surface area contributed by atoms with Crippen molar-refractivity contribution in [3.63, 3.8) is 0 Å². The summed E-state index contributed by atoms with van der Waals surface area (Å²) in [5, 5.41) is 3.56. The molecular weight excluding hydrogens is 504 g/mol. The van der Waals surface area contributed by atoms with Gasteiger partial charge in [0, 0.05) is 17.1 Å². The minimum Gasteiger partial charge on any atom is -0.352 e. The molecule has 0 saturated carbocycles. The van der Waals surface area contributed by atoms with Crippen molar-refractivity contribution in [2.45, 2.75) is 29.7 Å². The van der Waals surface area contributed by atoms with Gasteiger partial charge < -0.3 is 10.2 Å². The van der Waals surface area contributed by atoms with E-state index in [-0.39, 0.29) is 18.4 Å². The standard InChI is InChI=1S/C30H25ClN2O3S/c1-20-6-8-21(9-7-20)16-17-32-29(34)23-12-15-28-26(18-23)33(19-22-10-13-24(31)14-11-22)30(35)25-4-2-3-5-27(25)37(28)36/h2-15,18H,16-17,19H2,1H3,(H,32,34)/t37-/m0/s1. The fourth-order valence-electron chi connectivity index (χ4n) is 4.31. The smallest absolute Gasteiger partial charge is 0.259 e. The summed E-state index contributed by atoms with van der Waals surface area (Å²) in [5.41, 5.74) is 4.44. The zero-order chi connectivity index (χ0) is 25.9. The summed E-state index contributed by atoms with van der Waals surface area (Å²) < 4.78 is 13.6. The Balaban J connectivity index is 1.46. The molecule has 1 aliphatic heterocycles. The molecule has 4 aromatic rings. The van der Waals surface area contributed by atoms with Gasteiger partial charge in [-0.25, -0.2) is 4.21 Å². The molecule has 0 saturated heterocycles. The summed E-state index contributed by atoms with van der Waals surface area (Å²) in [6.45, 7) is 2.76. The first-order valence-corrected chi connectivity index (χ1v) is 13.5. The molecule has 5 nitrogen and oxygen atoms in total. The molecule has 0 aromatic heterocycles. The van der Waals surface area contributed by atoms with Crippen molar-refractivity contribution in [1.29, 1.82) is 0 Å². The Labute approximate surface area is 223 Å². The van der Waals surface area contributed by atoms with Crippen LogP contribution in [0.1, 0.15) is 37.4 Å². The molecule has 1 heterocycles. The highest BCUT2D eigenvalue weighted by molar-refractivity contribution is 7.85. The first-order chi connectivity index (χ1) is 17.9. The number of nitrogens with zero attached hydrogens (tertiary/aromatic N) is 1. The van der Waals surface area contributed by atoms with Crippen LogP contribution in [-0.4, -0.2) is 22.6 Å². The number of carbonyl (C=O) groups is 2. The van der Waals surface area contributed by atoms with Crippen LogP contribution in [0.2, 0.25) is 5.02 Å². The van der Waals surface area contributed by atoms with E-state index in [9.17, 15) is 13.8 Å². The zero-order valence-corrected chi connectivity index (χ0v) is 21.8. The van der Waals surface area contributed by atoms with Crippen molar-refractivity contribution in [2.75, 3.05) is 11.4 Å². The third-order valence-electron chi connectivity index (χ3n) is 6.35. The van der Waals surface area contributed by atoms with E-state index in [0.717, 1.165) is 11.1 Å². The number of amides is 2. The van der Waals surface area contributed by atoms with E-state index in [1.54, 1.807) is 59.5 Å². The van der Waals surface area contributed by atoms with Crippen molar-refractivity contribution < 1.29 is 13.8 Å². The zero-order valence-electron chi connectivity index (χ0n) is 20.2. The Morgan fingerprint density at radius 2 is 1.59 bits per heavy atom. The minimum absolute atomic E-state index is 0.243. The number of carbonyl (C=O) groups excluding carboxylic acids is 2. The normalized spacial score (nSPS) is 14.5. The Morgan fingerprint density at radius 1 is 0.892 bits per heavy atom. The van der Waals surface area contributed by atoms with E-state index in [1.807, 2.05) is 31.2 Å². The SMILES string of the molecule is Cc1ccc(CCNC(=O)c2ccc3c(c2)N(Cc2ccc(Cl)cc2)C(=O)c2ccccc2[S@@]3=O)cc1. The average molecular weight is 529 g/mol. The van der Waals surface area contributed by atoms with Crippen molar-refractivity contribution in [2.24, 2.45) is 0 Å². The molecule has 37 heavy (non-hydrogen) atoms. The lowest BCUT2D eigenvalue weighted by atomic mass is 10.1. The molecule has 2 amide bonds. The average Bonchev–Trinajstić information content (AvgIpc) is 3.00. The molecule has 0 aliphatic carbocycles. The largest absolute Gasteiger partial charge is 0.352 e. The fraction of sp³-hybridized carbons (Fsp3) is 0.133. The first-order valence-electron chi connectivity index (χ1n) is 12.0. The van der Waals surface area contributed by atoms with Crippen molar-refractivity contribution in [3.05, 3.63) is 124 Å². The van der Waals surface area contributed by atoms with E-state index in [2.05, 4.69) is 17.4 Å². The van der Waals surface area contributed by atoms with Gasteiger partial charge in [-0.3, -0.25) is 9.59 Å². The number of rotatable bonds is 6. The third-order valence-corrected chi connectivity index (χ3v) is 8.10. The molecule has 0 spiro atoms. The summed E-state index contributed by atoms with van der Waals surface area (Å²) in [6, 6.07) is 27.4. The number of hydrogen-bond acceptors (Lipinski definition) is 3. The number of benzene rings is 4. The van der Waals surface area contributed by atoms with Gasteiger partial charge in [0.15, 0.2) is 0 Å². The highest BCUT2D eigenvalue weighted by atomic mass is 35.5. The monoisotopic (exact) mass is 528 g/mol. The van der Waals surface area contributed by atoms with E-state index in [1.165, 1.54) is 5.56 Å². The molecule has 0 unspecified atom stereocenters. The van der Waals surface area contributed by atoms with Crippen LogP contribution in [0.25, 0.3) is 0 Å². The summed E-state index contributed by atoms with van der Waals surface area (Å²) in [7, 11) is -1.58. The Morgan fingerprint density at radius 3 is 2.35 bits per heavy atom. The molecule has 5 rings (SSSR count). The number of anilines is 1. The van der Waals surface area contributed by atoms with Gasteiger partial charge in [-0.2, -0.15) is 0 Å². The lowest BCUT2D eigenvalue weighted by Crippen LogP contribution is -2.31. The number of aryl methyl sites for hydroxylation is 1. The van der Waals surface area contributed by atoms with Crippen molar-refractivity contribution >= 4 is 39.9 Å². The summed E-state index contributed by atoms with van der Waals surface area (Å²) in [4.78, 5) is 29.3. The Hall–Kier alpha value is -3.74. The molecule has 7 heteroatoms. The van der Waals surface area contributed by atoms with Crippen LogP contribution in [0.3, 0.4) is 0 Å². The quantitative estimate of drug-likeness (QED) is 0.336. The van der Waals surface area contributed by atoms with E-state index < -0.39 is 10.8 Å². The van der Waals surface area contributed by atoms with Crippen LogP contribution in [0.15, 0.2) is 101 Å². The maximum Gasteiger partial charge on any atom is 0.259 e. The second kappa shape index (κ2) is 10.7. The van der Waals surface area contributed by atoms with Gasteiger partial charge in [-0.15, -0.1) is 0 Å². The van der Waals surface area contributed by atoms with Gasteiger partial charge in [-0.1, -0.05) is 65.7 Å². The maximum atomic E-state index is 13.7. The van der Waals surface area contributed by atoms with Crippen LogP contribution >= 0.6 is 11.6 Å². The second-order valence-corrected chi connectivity index (χ2v) is 10.8. The number of halogens is 1. The Kier molecular flexibility index (Phi) is 7.22. The molecule has 0 bridgehead atoms. The van der Waals surface area contributed by atoms with Gasteiger partial charge in [0.2, 0.25) is 0 Å². The van der Waals surface area contributed by atoms with Crippen molar-refractivity contribution in [1.82, 2.24) is 5.32 Å². The predicted octanol–water partition coefficient (Wildman–Crippen LogP) is 5.95. The summed E-state index contributed by atoms with van der Waals surface area (Å²) in [6.07, 6.45) is 0.706. The second-order valence-electron chi connectivity index (χ2n) is 8.96. The fourth-order valence-corrected chi connectivity index (χ4v) is 5.78. The lowest BCUT2D eigenvalue weighted by molar-refractivity contribution is 0.0950. The number of fused-ring (bicyclic) bond motifs is 2. The predicted molar refractivity (Wildman–Crippen MR) is 147 cm³/mol. The van der Waals surface area contributed by atoms with Crippen LogP contribution in [-0.2, 0) is 23.8 Å². The van der Waals surface area contributed by atoms with Crippen LogP contribution in [0.4, 0.5) is 5.69 Å². The van der Waals surface area contributed by atoms with Crippen LogP contribution in [0, 0.1) is 6.92 Å². The Bertz CT molecular complexity index is 1500. The van der Waals surface area contributed by atoms with Gasteiger partial charge in [0.1, 0.15) is 0 Å². The highest BCUT2D eigenvalue weighted by Gasteiger charge is 2.31. The molecule has 0 radical (unpaired) electrons. The molecule has 1 N–H and O–H groups in total. The van der Waals surface area contributed by atoms with E-state index >= 15 is 0 Å². The van der Waals surface area contributed by atoms with E-state index in [0.29, 0.717) is 44.6 Å². The van der Waals surface area contributed by atoms with Crippen LogP contribution < -0.4 is 10.2 Å².